The van der Waals surface area contributed by atoms with Gasteiger partial charge in [0, 0.05) is 28.5 Å². The Morgan fingerprint density at radius 3 is 2.59 bits per heavy atom. The van der Waals surface area contributed by atoms with Gasteiger partial charge in [0.15, 0.2) is 11.5 Å². The summed E-state index contributed by atoms with van der Waals surface area (Å²) in [5.74, 6) is 6.32. The average molecular weight is 410 g/mol. The molecule has 4 N–H and O–H groups in total. The van der Waals surface area contributed by atoms with Crippen LogP contribution in [0.2, 0.25) is 0 Å². The van der Waals surface area contributed by atoms with E-state index in [4.69, 9.17) is 15.3 Å². The molecule has 0 aliphatic rings. The number of benzene rings is 1. The number of nitrogens with zero attached hydrogens (tertiary/aromatic N) is 2. The van der Waals surface area contributed by atoms with Crippen molar-refractivity contribution in [3.63, 3.8) is 0 Å². The molecule has 1 atom stereocenters. The van der Waals surface area contributed by atoms with Crippen molar-refractivity contribution in [2.45, 2.75) is 6.10 Å². The van der Waals surface area contributed by atoms with Gasteiger partial charge in [-0.15, -0.1) is 11.3 Å². The number of rotatable bonds is 8. The van der Waals surface area contributed by atoms with Gasteiger partial charge in [-0.2, -0.15) is 5.10 Å². The van der Waals surface area contributed by atoms with E-state index >= 15 is 0 Å². The van der Waals surface area contributed by atoms with Crippen molar-refractivity contribution >= 4 is 23.4 Å². The SMILES string of the molecule is C=C(N/C=N\N)c1sc(-c2ccncc2)cc1C(O)c1ccc(OC)c(OC)c1. The van der Waals surface area contributed by atoms with E-state index in [-0.39, 0.29) is 0 Å². The van der Waals surface area contributed by atoms with Gasteiger partial charge in [-0.05, 0) is 41.5 Å². The number of pyridine rings is 1. The van der Waals surface area contributed by atoms with Gasteiger partial charge in [-0.25, -0.2) is 0 Å². The molecule has 2 heterocycles. The molecule has 3 aromatic rings. The fourth-order valence-corrected chi connectivity index (χ4v) is 4.02. The summed E-state index contributed by atoms with van der Waals surface area (Å²) in [6.45, 7) is 4.05. The first-order chi connectivity index (χ1) is 14.1. The second-order valence-electron chi connectivity index (χ2n) is 6.05. The Morgan fingerprint density at radius 2 is 1.93 bits per heavy atom. The van der Waals surface area contributed by atoms with Gasteiger partial charge >= 0.3 is 0 Å². The van der Waals surface area contributed by atoms with Crippen LogP contribution in [-0.4, -0.2) is 30.6 Å². The second-order valence-corrected chi connectivity index (χ2v) is 7.10. The monoisotopic (exact) mass is 410 g/mol. The molecule has 1 aromatic carbocycles. The zero-order valence-electron chi connectivity index (χ0n) is 16.1. The van der Waals surface area contributed by atoms with Gasteiger partial charge in [0.25, 0.3) is 0 Å². The fourth-order valence-electron chi connectivity index (χ4n) is 2.89. The molecule has 1 unspecified atom stereocenters. The molecule has 0 saturated carbocycles. The number of hydrogen-bond acceptors (Lipinski definition) is 7. The molecule has 2 aromatic heterocycles. The van der Waals surface area contributed by atoms with Crippen LogP contribution in [0.25, 0.3) is 16.1 Å². The predicted molar refractivity (Wildman–Crippen MR) is 116 cm³/mol. The number of aromatic nitrogens is 1. The van der Waals surface area contributed by atoms with Crippen LogP contribution in [-0.2, 0) is 0 Å². The van der Waals surface area contributed by atoms with Crippen LogP contribution in [0.3, 0.4) is 0 Å². The lowest BCUT2D eigenvalue weighted by Gasteiger charge is -2.15. The Labute approximate surface area is 173 Å². The summed E-state index contributed by atoms with van der Waals surface area (Å²) in [6, 6.07) is 11.1. The third kappa shape index (κ3) is 4.39. The van der Waals surface area contributed by atoms with E-state index in [0.29, 0.717) is 28.3 Å². The molecule has 0 saturated heterocycles. The predicted octanol–water partition coefficient (Wildman–Crippen LogP) is 3.37. The second kappa shape index (κ2) is 9.22. The van der Waals surface area contributed by atoms with Crippen LogP contribution in [0.4, 0.5) is 0 Å². The number of nitrogens with one attached hydrogen (secondary N) is 1. The van der Waals surface area contributed by atoms with E-state index in [1.165, 1.54) is 17.7 Å². The van der Waals surface area contributed by atoms with Gasteiger partial charge in [0.2, 0.25) is 0 Å². The Bertz CT molecular complexity index is 1020. The molecule has 29 heavy (non-hydrogen) atoms. The first-order valence-corrected chi connectivity index (χ1v) is 9.52. The molecule has 0 spiro atoms. The highest BCUT2D eigenvalue weighted by Gasteiger charge is 2.22. The van der Waals surface area contributed by atoms with Gasteiger partial charge in [-0.1, -0.05) is 12.6 Å². The topological polar surface area (TPSA) is 102 Å². The third-order valence-corrected chi connectivity index (χ3v) is 5.59. The van der Waals surface area contributed by atoms with Crippen LogP contribution in [0, 0.1) is 0 Å². The first-order valence-electron chi connectivity index (χ1n) is 8.70. The van der Waals surface area contributed by atoms with E-state index in [1.807, 2.05) is 18.2 Å². The van der Waals surface area contributed by atoms with E-state index in [2.05, 4.69) is 22.0 Å². The number of ether oxygens (including phenoxy) is 2. The van der Waals surface area contributed by atoms with Gasteiger partial charge in [-0.3, -0.25) is 4.98 Å². The number of methoxy groups -OCH3 is 2. The lowest BCUT2D eigenvalue weighted by molar-refractivity contribution is 0.219. The normalized spacial score (nSPS) is 12.0. The maximum Gasteiger partial charge on any atom is 0.161 e. The Balaban J connectivity index is 2.06. The number of nitrogens with two attached hydrogens (primary N) is 1. The molecule has 0 fully saturated rings. The number of thiophene rings is 1. The molecule has 0 aliphatic heterocycles. The smallest absolute Gasteiger partial charge is 0.161 e. The standard InChI is InChI=1S/C21H22N4O3S/c1-13(24-12-25-22)21-16(11-19(29-21)14-6-8-23-9-7-14)20(26)15-4-5-17(27-2)18(10-15)28-3/h4-12,20,26H,1,22H2,2-3H3,(H,24,25). The molecular formula is C21H22N4O3S. The van der Waals surface area contributed by atoms with Crippen molar-refractivity contribution in [1.82, 2.24) is 10.3 Å². The van der Waals surface area contributed by atoms with Crippen molar-refractivity contribution in [2.24, 2.45) is 10.9 Å². The summed E-state index contributed by atoms with van der Waals surface area (Å²) >= 11 is 1.50. The first kappa shape index (κ1) is 20.4. The average Bonchev–Trinajstić information content (AvgIpc) is 3.22. The number of aliphatic hydroxyl groups excluding tert-OH is 1. The summed E-state index contributed by atoms with van der Waals surface area (Å²) in [7, 11) is 3.13. The zero-order chi connectivity index (χ0) is 20.8. The highest BCUT2D eigenvalue weighted by molar-refractivity contribution is 7.16. The minimum absolute atomic E-state index is 0.544. The van der Waals surface area contributed by atoms with Gasteiger partial charge in [0.05, 0.1) is 19.1 Å². The molecule has 150 valence electrons. The minimum atomic E-state index is -0.898. The summed E-state index contributed by atoms with van der Waals surface area (Å²) in [5, 5.41) is 17.5. The molecule has 7 nitrogen and oxygen atoms in total. The van der Waals surface area contributed by atoms with Crippen molar-refractivity contribution in [3.05, 3.63) is 71.4 Å². The van der Waals surface area contributed by atoms with Crippen LogP contribution < -0.4 is 20.6 Å². The van der Waals surface area contributed by atoms with Crippen LogP contribution >= 0.6 is 11.3 Å². The summed E-state index contributed by atoms with van der Waals surface area (Å²) in [4.78, 5) is 5.83. The van der Waals surface area contributed by atoms with Crippen molar-refractivity contribution in [1.29, 1.82) is 0 Å². The molecule has 3 rings (SSSR count). The van der Waals surface area contributed by atoms with Gasteiger partial charge in [0.1, 0.15) is 12.4 Å². The highest BCUT2D eigenvalue weighted by Crippen LogP contribution is 2.40. The highest BCUT2D eigenvalue weighted by atomic mass is 32.1. The molecule has 8 heteroatoms. The fraction of sp³-hybridized carbons (Fsp3) is 0.143. The number of hydrogen-bond donors (Lipinski definition) is 3. The lowest BCUT2D eigenvalue weighted by Crippen LogP contribution is -2.11. The summed E-state index contributed by atoms with van der Waals surface area (Å²) in [5.41, 5.74) is 2.96. The molecule has 0 radical (unpaired) electrons. The summed E-state index contributed by atoms with van der Waals surface area (Å²) in [6.07, 6.45) is 3.91. The molecular weight excluding hydrogens is 388 g/mol. The quantitative estimate of drug-likeness (QED) is 0.228. The number of hydrazone groups is 1. The number of aliphatic hydroxyl groups is 1. The Hall–Kier alpha value is -3.36. The van der Waals surface area contributed by atoms with E-state index < -0.39 is 6.10 Å². The zero-order valence-corrected chi connectivity index (χ0v) is 16.9. The molecule has 0 amide bonds. The molecule has 0 aliphatic carbocycles. The van der Waals surface area contributed by atoms with Crippen molar-refractivity contribution in [3.8, 4) is 21.9 Å². The van der Waals surface area contributed by atoms with E-state index in [0.717, 1.165) is 15.3 Å². The Kier molecular flexibility index (Phi) is 6.48. The largest absolute Gasteiger partial charge is 0.493 e. The minimum Gasteiger partial charge on any atom is -0.493 e. The van der Waals surface area contributed by atoms with Crippen LogP contribution in [0.15, 0.2) is 60.5 Å². The van der Waals surface area contributed by atoms with Crippen molar-refractivity contribution in [2.75, 3.05) is 14.2 Å². The van der Waals surface area contributed by atoms with E-state index in [9.17, 15) is 5.11 Å². The molecule has 0 bridgehead atoms. The van der Waals surface area contributed by atoms with Crippen LogP contribution in [0.5, 0.6) is 11.5 Å². The lowest BCUT2D eigenvalue weighted by atomic mass is 10.00. The van der Waals surface area contributed by atoms with Crippen LogP contribution in [0.1, 0.15) is 22.1 Å². The van der Waals surface area contributed by atoms with Crippen molar-refractivity contribution < 1.29 is 14.6 Å². The third-order valence-electron chi connectivity index (χ3n) is 4.33. The maximum atomic E-state index is 11.2. The maximum absolute atomic E-state index is 11.2. The van der Waals surface area contributed by atoms with E-state index in [1.54, 1.807) is 44.8 Å². The Morgan fingerprint density at radius 1 is 1.21 bits per heavy atom. The van der Waals surface area contributed by atoms with Gasteiger partial charge < -0.3 is 25.7 Å². The summed E-state index contributed by atoms with van der Waals surface area (Å²) < 4.78 is 10.7.